The van der Waals surface area contributed by atoms with Gasteiger partial charge < -0.3 is 20.3 Å². The van der Waals surface area contributed by atoms with Gasteiger partial charge in [0.25, 0.3) is 0 Å². The number of carbonyl (C=O) groups excluding carboxylic acids is 1. The topological polar surface area (TPSA) is 81.8 Å². The van der Waals surface area contributed by atoms with Crippen molar-refractivity contribution < 1.29 is 19.4 Å². The molecule has 0 unspecified atom stereocenters. The molecule has 3 N–H and O–H groups in total. The molecule has 17 heavy (non-hydrogen) atoms. The summed E-state index contributed by atoms with van der Waals surface area (Å²) in [7, 11) is 2.71. The Bertz CT molecular complexity index is 422. The first kappa shape index (κ1) is 13.6. The minimum absolute atomic E-state index is 0.0687. The Kier molecular flexibility index (Phi) is 4.60. The minimum atomic E-state index is -0.740. The summed E-state index contributed by atoms with van der Waals surface area (Å²) < 4.78 is 9.58. The van der Waals surface area contributed by atoms with Crippen LogP contribution in [0.25, 0.3) is 0 Å². The predicted octanol–water partition coefficient (Wildman–Crippen LogP) is 1.62. The van der Waals surface area contributed by atoms with Gasteiger partial charge >= 0.3 is 5.97 Å². The molecule has 0 aliphatic carbocycles. The van der Waals surface area contributed by atoms with Crippen molar-refractivity contribution in [1.82, 2.24) is 0 Å². The molecule has 0 aliphatic heterocycles. The first-order valence-corrected chi connectivity index (χ1v) is 5.26. The van der Waals surface area contributed by atoms with Gasteiger partial charge in [-0.15, -0.1) is 0 Å². The van der Waals surface area contributed by atoms with Crippen LogP contribution in [0.15, 0.2) is 12.1 Å². The maximum Gasteiger partial charge on any atom is 0.307 e. The first-order valence-electron chi connectivity index (χ1n) is 4.89. The van der Waals surface area contributed by atoms with Gasteiger partial charge in [-0.1, -0.05) is 11.6 Å². The van der Waals surface area contributed by atoms with Crippen LogP contribution in [0, 0.1) is 0 Å². The zero-order valence-electron chi connectivity index (χ0n) is 9.57. The van der Waals surface area contributed by atoms with E-state index in [2.05, 4.69) is 4.74 Å². The second kappa shape index (κ2) is 5.75. The van der Waals surface area contributed by atoms with E-state index in [1.807, 2.05) is 0 Å². The highest BCUT2D eigenvalue weighted by atomic mass is 35.5. The fourth-order valence-electron chi connectivity index (χ4n) is 1.46. The van der Waals surface area contributed by atoms with Crippen molar-refractivity contribution in [3.8, 4) is 11.5 Å². The summed E-state index contributed by atoms with van der Waals surface area (Å²) in [6.07, 6.45) is -0.0687. The van der Waals surface area contributed by atoms with E-state index in [0.29, 0.717) is 11.3 Å². The highest BCUT2D eigenvalue weighted by molar-refractivity contribution is 6.32. The van der Waals surface area contributed by atoms with Gasteiger partial charge in [-0.05, 0) is 12.1 Å². The zero-order valence-corrected chi connectivity index (χ0v) is 10.3. The van der Waals surface area contributed by atoms with E-state index in [1.165, 1.54) is 20.3 Å². The van der Waals surface area contributed by atoms with Gasteiger partial charge in [0.2, 0.25) is 0 Å². The van der Waals surface area contributed by atoms with Crippen LogP contribution in [0.2, 0.25) is 5.02 Å². The van der Waals surface area contributed by atoms with E-state index < -0.39 is 12.0 Å². The third kappa shape index (κ3) is 3.01. The number of phenolic OH excluding ortho intramolecular Hbond substituents is 1. The molecule has 0 fully saturated rings. The summed E-state index contributed by atoms with van der Waals surface area (Å²) in [4.78, 5) is 11.1. The number of halogens is 1. The van der Waals surface area contributed by atoms with Gasteiger partial charge in [0.15, 0.2) is 0 Å². The van der Waals surface area contributed by atoms with E-state index in [9.17, 15) is 9.90 Å². The number of rotatable bonds is 4. The number of benzene rings is 1. The van der Waals surface area contributed by atoms with Crippen LogP contribution in [0.4, 0.5) is 0 Å². The molecule has 0 amide bonds. The molecular weight excluding hydrogens is 246 g/mol. The number of esters is 1. The Balaban J connectivity index is 3.10. The third-order valence-electron chi connectivity index (χ3n) is 2.33. The molecule has 0 aliphatic rings. The van der Waals surface area contributed by atoms with Crippen molar-refractivity contribution in [1.29, 1.82) is 0 Å². The summed E-state index contributed by atoms with van der Waals surface area (Å²) in [6, 6.07) is 2.33. The molecule has 1 rings (SSSR count). The normalized spacial score (nSPS) is 12.0. The van der Waals surface area contributed by atoms with Crippen molar-refractivity contribution in [2.45, 2.75) is 12.5 Å². The molecule has 1 atom stereocenters. The van der Waals surface area contributed by atoms with Gasteiger partial charge in [-0.2, -0.15) is 0 Å². The van der Waals surface area contributed by atoms with Crippen molar-refractivity contribution in [2.24, 2.45) is 5.73 Å². The standard InChI is InChI=1S/C11H14ClNO4/c1-16-8-4-3-6(12)11(15)10(8)7(13)5-9(14)17-2/h3-4,7,15H,5,13H2,1-2H3/t7-/m1/s1. The molecule has 94 valence electrons. The molecule has 0 bridgehead atoms. The lowest BCUT2D eigenvalue weighted by Gasteiger charge is -2.16. The van der Waals surface area contributed by atoms with Crippen LogP contribution < -0.4 is 10.5 Å². The van der Waals surface area contributed by atoms with E-state index in [-0.39, 0.29) is 17.2 Å². The fraction of sp³-hybridized carbons (Fsp3) is 0.364. The first-order chi connectivity index (χ1) is 8.01. The van der Waals surface area contributed by atoms with Crippen molar-refractivity contribution in [3.05, 3.63) is 22.7 Å². The summed E-state index contributed by atoms with van der Waals surface area (Å²) in [5, 5.41) is 9.98. The van der Waals surface area contributed by atoms with Crippen molar-refractivity contribution >= 4 is 17.6 Å². The van der Waals surface area contributed by atoms with Crippen LogP contribution in [0.5, 0.6) is 11.5 Å². The average Bonchev–Trinajstić information content (AvgIpc) is 2.31. The molecule has 5 nitrogen and oxygen atoms in total. The van der Waals surface area contributed by atoms with Crippen LogP contribution >= 0.6 is 11.6 Å². The lowest BCUT2D eigenvalue weighted by Crippen LogP contribution is -2.17. The Labute approximate surface area is 104 Å². The minimum Gasteiger partial charge on any atom is -0.506 e. The third-order valence-corrected chi connectivity index (χ3v) is 2.64. The van der Waals surface area contributed by atoms with Crippen molar-refractivity contribution in [3.63, 3.8) is 0 Å². The summed E-state index contributed by atoms with van der Waals surface area (Å²) in [5.74, 6) is -0.273. The van der Waals surface area contributed by atoms with E-state index >= 15 is 0 Å². The monoisotopic (exact) mass is 259 g/mol. The smallest absolute Gasteiger partial charge is 0.307 e. The number of ether oxygens (including phenoxy) is 2. The van der Waals surface area contributed by atoms with E-state index in [0.717, 1.165) is 0 Å². The number of hydrogen-bond acceptors (Lipinski definition) is 5. The molecule has 6 heteroatoms. The highest BCUT2D eigenvalue weighted by Gasteiger charge is 2.21. The Hall–Kier alpha value is -1.46. The number of phenols is 1. The Morgan fingerprint density at radius 2 is 2.18 bits per heavy atom. The summed E-state index contributed by atoms with van der Waals surface area (Å²) >= 11 is 5.78. The van der Waals surface area contributed by atoms with Crippen LogP contribution in [0.3, 0.4) is 0 Å². The number of methoxy groups -OCH3 is 2. The van der Waals surface area contributed by atoms with Gasteiger partial charge in [-0.3, -0.25) is 4.79 Å². The second-order valence-electron chi connectivity index (χ2n) is 3.40. The number of aromatic hydroxyl groups is 1. The summed E-state index contributed by atoms with van der Waals surface area (Å²) in [5.41, 5.74) is 6.11. The number of hydrogen-bond donors (Lipinski definition) is 2. The molecule has 0 radical (unpaired) electrons. The second-order valence-corrected chi connectivity index (χ2v) is 3.81. The van der Waals surface area contributed by atoms with Crippen LogP contribution in [-0.4, -0.2) is 25.3 Å². The lowest BCUT2D eigenvalue weighted by atomic mass is 10.0. The molecule has 0 saturated heterocycles. The maximum absolute atomic E-state index is 11.1. The van der Waals surface area contributed by atoms with Gasteiger partial charge in [0.05, 0.1) is 31.2 Å². The molecule has 1 aromatic carbocycles. The number of nitrogens with two attached hydrogens (primary N) is 1. The van der Waals surface area contributed by atoms with Crippen LogP contribution in [0.1, 0.15) is 18.0 Å². The van der Waals surface area contributed by atoms with E-state index in [4.69, 9.17) is 22.1 Å². The SMILES string of the molecule is COC(=O)C[C@@H](N)c1c(OC)ccc(Cl)c1O. The molecule has 0 spiro atoms. The average molecular weight is 260 g/mol. The Morgan fingerprint density at radius 1 is 1.53 bits per heavy atom. The lowest BCUT2D eigenvalue weighted by molar-refractivity contribution is -0.141. The molecule has 0 heterocycles. The van der Waals surface area contributed by atoms with Crippen LogP contribution in [-0.2, 0) is 9.53 Å². The molecule has 1 aromatic rings. The molecule has 0 aromatic heterocycles. The zero-order chi connectivity index (χ0) is 13.0. The fourth-order valence-corrected chi connectivity index (χ4v) is 1.63. The quantitative estimate of drug-likeness (QED) is 0.803. The maximum atomic E-state index is 11.1. The molecular formula is C11H14ClNO4. The Morgan fingerprint density at radius 3 is 2.71 bits per heavy atom. The highest BCUT2D eigenvalue weighted by Crippen LogP contribution is 2.38. The largest absolute Gasteiger partial charge is 0.506 e. The predicted molar refractivity (Wildman–Crippen MR) is 63.2 cm³/mol. The van der Waals surface area contributed by atoms with Gasteiger partial charge in [0, 0.05) is 6.04 Å². The summed E-state index contributed by atoms with van der Waals surface area (Å²) in [6.45, 7) is 0. The van der Waals surface area contributed by atoms with Crippen molar-refractivity contribution in [2.75, 3.05) is 14.2 Å². The van der Waals surface area contributed by atoms with Gasteiger partial charge in [0.1, 0.15) is 11.5 Å². The van der Waals surface area contributed by atoms with E-state index in [1.54, 1.807) is 6.07 Å². The number of carbonyl (C=O) groups is 1. The molecule has 0 saturated carbocycles. The van der Waals surface area contributed by atoms with Gasteiger partial charge in [-0.25, -0.2) is 0 Å².